The zero-order chi connectivity index (χ0) is 18.0. The van der Waals surface area contributed by atoms with E-state index in [1.165, 1.54) is 41.4 Å². The Morgan fingerprint density at radius 2 is 1.80 bits per heavy atom. The van der Waals surface area contributed by atoms with Crippen LogP contribution in [-0.4, -0.2) is 25.3 Å². The molecular weight excluding hydrogens is 362 g/mol. The molecule has 1 aliphatic rings. The van der Waals surface area contributed by atoms with Gasteiger partial charge in [-0.1, -0.05) is 23.9 Å². The standard InChI is InChI=1S/C16H11N3O4S2/c20-13-7-1-10(2-8-13)9-14-15(21)18(16(24)25-14)17-11-3-5-12(6-4-11)19(22)23/h1-9,17,20H/b14-9+. The predicted octanol–water partition coefficient (Wildman–Crippen LogP) is 3.53. The van der Waals surface area contributed by atoms with E-state index in [1.807, 2.05) is 0 Å². The number of benzene rings is 2. The molecular formula is C16H11N3O4S2. The van der Waals surface area contributed by atoms with Crippen molar-refractivity contribution < 1.29 is 14.8 Å². The molecule has 0 aliphatic carbocycles. The van der Waals surface area contributed by atoms with Crippen LogP contribution < -0.4 is 5.43 Å². The average molecular weight is 373 g/mol. The van der Waals surface area contributed by atoms with Crippen LogP contribution in [0.3, 0.4) is 0 Å². The number of anilines is 1. The monoisotopic (exact) mass is 373 g/mol. The predicted molar refractivity (Wildman–Crippen MR) is 99.8 cm³/mol. The summed E-state index contributed by atoms with van der Waals surface area (Å²) in [6.45, 7) is 0. The van der Waals surface area contributed by atoms with Gasteiger partial charge in [0.05, 0.1) is 15.5 Å². The number of rotatable bonds is 4. The van der Waals surface area contributed by atoms with Crippen molar-refractivity contribution in [3.63, 3.8) is 0 Å². The van der Waals surface area contributed by atoms with Crippen LogP contribution in [-0.2, 0) is 4.79 Å². The fourth-order valence-electron chi connectivity index (χ4n) is 2.07. The Hall–Kier alpha value is -2.91. The Morgan fingerprint density at radius 3 is 2.40 bits per heavy atom. The maximum atomic E-state index is 12.5. The van der Waals surface area contributed by atoms with E-state index < -0.39 is 4.92 Å². The third-order valence-electron chi connectivity index (χ3n) is 3.30. The van der Waals surface area contributed by atoms with Crippen molar-refractivity contribution in [1.82, 2.24) is 5.01 Å². The average Bonchev–Trinajstić information content (AvgIpc) is 2.85. The van der Waals surface area contributed by atoms with Gasteiger partial charge in [-0.15, -0.1) is 0 Å². The van der Waals surface area contributed by atoms with E-state index in [0.29, 0.717) is 14.9 Å². The summed E-state index contributed by atoms with van der Waals surface area (Å²) in [5.41, 5.74) is 4.08. The number of aromatic hydroxyl groups is 1. The molecule has 9 heteroatoms. The van der Waals surface area contributed by atoms with Crippen molar-refractivity contribution in [1.29, 1.82) is 0 Å². The molecule has 0 atom stereocenters. The fraction of sp³-hybridized carbons (Fsp3) is 0. The SMILES string of the molecule is O=C1/C(=C\c2ccc(O)cc2)SC(=S)N1Nc1ccc([N+](=O)[O-])cc1. The van der Waals surface area contributed by atoms with E-state index >= 15 is 0 Å². The number of non-ortho nitro benzene ring substituents is 1. The zero-order valence-corrected chi connectivity index (χ0v) is 14.2. The first kappa shape index (κ1) is 16.9. The maximum Gasteiger partial charge on any atom is 0.285 e. The van der Waals surface area contributed by atoms with Gasteiger partial charge in [0.25, 0.3) is 11.6 Å². The molecule has 25 heavy (non-hydrogen) atoms. The highest BCUT2D eigenvalue weighted by Crippen LogP contribution is 2.33. The highest BCUT2D eigenvalue weighted by molar-refractivity contribution is 8.26. The lowest BCUT2D eigenvalue weighted by atomic mass is 10.2. The van der Waals surface area contributed by atoms with E-state index in [-0.39, 0.29) is 17.3 Å². The van der Waals surface area contributed by atoms with Crippen LogP contribution in [0, 0.1) is 10.1 Å². The fourth-order valence-corrected chi connectivity index (χ4v) is 3.25. The number of amides is 1. The first-order valence-electron chi connectivity index (χ1n) is 7.02. The van der Waals surface area contributed by atoms with Crippen LogP contribution >= 0.6 is 24.0 Å². The number of nitro benzene ring substituents is 1. The van der Waals surface area contributed by atoms with Crippen LogP contribution in [0.1, 0.15) is 5.56 Å². The highest BCUT2D eigenvalue weighted by atomic mass is 32.2. The topological polar surface area (TPSA) is 95.7 Å². The molecule has 0 saturated carbocycles. The van der Waals surface area contributed by atoms with E-state index in [0.717, 1.165) is 17.3 Å². The molecule has 126 valence electrons. The number of carbonyl (C=O) groups is 1. The number of hydrazine groups is 1. The van der Waals surface area contributed by atoms with Crippen LogP contribution in [0.25, 0.3) is 6.08 Å². The van der Waals surface area contributed by atoms with Crippen LogP contribution in [0.15, 0.2) is 53.4 Å². The third-order valence-corrected chi connectivity index (χ3v) is 4.61. The Kier molecular flexibility index (Phi) is 4.68. The number of thioether (sulfide) groups is 1. The van der Waals surface area contributed by atoms with Crippen molar-refractivity contribution in [2.75, 3.05) is 5.43 Å². The number of hydrogen-bond donors (Lipinski definition) is 2. The lowest BCUT2D eigenvalue weighted by molar-refractivity contribution is -0.384. The lowest BCUT2D eigenvalue weighted by Crippen LogP contribution is -2.33. The second-order valence-electron chi connectivity index (χ2n) is 5.02. The van der Waals surface area contributed by atoms with Crippen molar-refractivity contribution in [2.24, 2.45) is 0 Å². The van der Waals surface area contributed by atoms with Gasteiger partial charge in [-0.25, -0.2) is 5.01 Å². The van der Waals surface area contributed by atoms with Crippen molar-refractivity contribution in [3.05, 3.63) is 69.1 Å². The van der Waals surface area contributed by atoms with Gasteiger partial charge in [0.1, 0.15) is 5.75 Å². The number of phenols is 1. The van der Waals surface area contributed by atoms with Gasteiger partial charge in [0.15, 0.2) is 4.32 Å². The highest BCUT2D eigenvalue weighted by Gasteiger charge is 2.32. The molecule has 0 spiro atoms. The molecule has 1 aliphatic heterocycles. The molecule has 0 radical (unpaired) electrons. The number of nitrogens with one attached hydrogen (secondary N) is 1. The first-order valence-corrected chi connectivity index (χ1v) is 8.24. The number of phenolic OH excluding ortho intramolecular Hbond substituents is 1. The summed E-state index contributed by atoms with van der Waals surface area (Å²) in [6, 6.07) is 12.1. The largest absolute Gasteiger partial charge is 0.508 e. The minimum absolute atomic E-state index is 0.0387. The van der Waals surface area contributed by atoms with Crippen molar-refractivity contribution in [3.8, 4) is 5.75 Å². The Balaban J connectivity index is 1.77. The molecule has 2 N–H and O–H groups in total. The Labute approximate surface area is 152 Å². The first-order chi connectivity index (χ1) is 11.9. The summed E-state index contributed by atoms with van der Waals surface area (Å²) in [5.74, 6) is -0.175. The second kappa shape index (κ2) is 6.91. The summed E-state index contributed by atoms with van der Waals surface area (Å²) >= 11 is 6.36. The van der Waals surface area contributed by atoms with Gasteiger partial charge in [-0.3, -0.25) is 20.3 Å². The molecule has 7 nitrogen and oxygen atoms in total. The van der Waals surface area contributed by atoms with Gasteiger partial charge in [0.2, 0.25) is 0 Å². The summed E-state index contributed by atoms with van der Waals surface area (Å²) in [6.07, 6.45) is 1.68. The van der Waals surface area contributed by atoms with Gasteiger partial charge < -0.3 is 5.11 Å². The third kappa shape index (κ3) is 3.78. The number of carbonyl (C=O) groups excluding carboxylic acids is 1. The second-order valence-corrected chi connectivity index (χ2v) is 6.70. The van der Waals surface area contributed by atoms with Gasteiger partial charge in [-0.2, -0.15) is 0 Å². The Morgan fingerprint density at radius 1 is 1.16 bits per heavy atom. The lowest BCUT2D eigenvalue weighted by Gasteiger charge is -2.16. The van der Waals surface area contributed by atoms with Gasteiger partial charge in [0, 0.05) is 12.1 Å². The van der Waals surface area contributed by atoms with Gasteiger partial charge >= 0.3 is 0 Å². The zero-order valence-electron chi connectivity index (χ0n) is 12.6. The number of thiocarbonyl (C=S) groups is 1. The van der Waals surface area contributed by atoms with E-state index in [1.54, 1.807) is 18.2 Å². The molecule has 0 bridgehead atoms. The van der Waals surface area contributed by atoms with Crippen LogP contribution in [0.2, 0.25) is 0 Å². The molecule has 3 rings (SSSR count). The molecule has 0 aromatic heterocycles. The minimum Gasteiger partial charge on any atom is -0.508 e. The Bertz CT molecular complexity index is 879. The number of hydrogen-bond acceptors (Lipinski definition) is 7. The van der Waals surface area contributed by atoms with E-state index in [2.05, 4.69) is 5.43 Å². The van der Waals surface area contributed by atoms with Gasteiger partial charge in [-0.05, 0) is 48.1 Å². The van der Waals surface area contributed by atoms with Crippen LogP contribution in [0.4, 0.5) is 11.4 Å². The molecule has 2 aromatic rings. The molecule has 1 heterocycles. The molecule has 0 unspecified atom stereocenters. The molecule has 1 saturated heterocycles. The summed E-state index contributed by atoms with van der Waals surface area (Å²) in [5, 5.41) is 21.2. The van der Waals surface area contributed by atoms with E-state index in [9.17, 15) is 20.0 Å². The smallest absolute Gasteiger partial charge is 0.285 e. The summed E-state index contributed by atoms with van der Waals surface area (Å²) < 4.78 is 0.327. The summed E-state index contributed by atoms with van der Waals surface area (Å²) in [4.78, 5) is 23.1. The quantitative estimate of drug-likeness (QED) is 0.366. The van der Waals surface area contributed by atoms with E-state index in [4.69, 9.17) is 12.2 Å². The number of nitrogens with zero attached hydrogens (tertiary/aromatic N) is 2. The van der Waals surface area contributed by atoms with Crippen LogP contribution in [0.5, 0.6) is 5.75 Å². The van der Waals surface area contributed by atoms with Crippen molar-refractivity contribution >= 4 is 51.7 Å². The molecule has 1 fully saturated rings. The maximum absolute atomic E-state index is 12.5. The molecule has 2 aromatic carbocycles. The normalized spacial score (nSPS) is 15.7. The molecule has 1 amide bonds. The van der Waals surface area contributed by atoms with Crippen molar-refractivity contribution in [2.45, 2.75) is 0 Å². The summed E-state index contributed by atoms with van der Waals surface area (Å²) in [7, 11) is 0. The number of nitro groups is 1. The minimum atomic E-state index is -0.496.